The van der Waals surface area contributed by atoms with Crippen molar-refractivity contribution in [2.24, 2.45) is 4.99 Å². The zero-order valence-electron chi connectivity index (χ0n) is 16.0. The molecule has 3 nitrogen and oxygen atoms in total. The number of anilines is 1. The van der Waals surface area contributed by atoms with E-state index in [1.165, 1.54) is 16.7 Å². The van der Waals surface area contributed by atoms with Crippen LogP contribution in [0.4, 0.5) is 5.69 Å². The van der Waals surface area contributed by atoms with Crippen LogP contribution in [0, 0.1) is 0 Å². The lowest BCUT2D eigenvalue weighted by Gasteiger charge is -2.21. The Bertz CT molecular complexity index is 923. The summed E-state index contributed by atoms with van der Waals surface area (Å²) in [5.74, 6) is 0. The van der Waals surface area contributed by atoms with E-state index in [0.29, 0.717) is 0 Å². The van der Waals surface area contributed by atoms with Crippen LogP contribution >= 0.6 is 0 Å². The van der Waals surface area contributed by atoms with E-state index in [1.807, 2.05) is 6.07 Å². The summed E-state index contributed by atoms with van der Waals surface area (Å²) in [6, 6.07) is 27.2. The fourth-order valence-electron chi connectivity index (χ4n) is 3.14. The molecule has 0 aliphatic carbocycles. The molecule has 0 spiro atoms. The van der Waals surface area contributed by atoms with Gasteiger partial charge in [-0.25, -0.2) is 14.9 Å². The summed E-state index contributed by atoms with van der Waals surface area (Å²) >= 11 is 0. The van der Waals surface area contributed by atoms with Crippen LogP contribution in [0.5, 0.6) is 0 Å². The molecule has 0 saturated heterocycles. The first-order valence-corrected chi connectivity index (χ1v) is 9.26. The largest absolute Gasteiger partial charge is 0.236 e. The number of hydrogen-bond donors (Lipinski definition) is 0. The van der Waals surface area contributed by atoms with Crippen molar-refractivity contribution in [1.82, 2.24) is 0 Å². The number of hydroxylamine groups is 1. The maximum absolute atomic E-state index is 6.02. The first-order valence-electron chi connectivity index (χ1n) is 9.26. The van der Waals surface area contributed by atoms with Crippen LogP contribution in [0.2, 0.25) is 0 Å². The van der Waals surface area contributed by atoms with Crippen molar-refractivity contribution < 1.29 is 4.84 Å². The molecule has 0 bridgehead atoms. The zero-order valence-corrected chi connectivity index (χ0v) is 16.0. The molecule has 0 N–H and O–H groups in total. The lowest BCUT2D eigenvalue weighted by molar-refractivity contribution is 0.0876. The molecule has 1 aliphatic heterocycles. The van der Waals surface area contributed by atoms with Gasteiger partial charge in [0, 0.05) is 5.56 Å². The molecule has 3 heteroatoms. The third-order valence-corrected chi connectivity index (χ3v) is 4.81. The zero-order chi connectivity index (χ0) is 18.9. The molecule has 3 aromatic rings. The Morgan fingerprint density at radius 3 is 2.04 bits per heavy atom. The molecule has 0 fully saturated rings. The molecule has 0 radical (unpaired) electrons. The fraction of sp³-hybridized carbons (Fsp3) is 0.208. The van der Waals surface area contributed by atoms with Crippen LogP contribution in [0.15, 0.2) is 83.9 Å². The van der Waals surface area contributed by atoms with E-state index < -0.39 is 0 Å². The van der Waals surface area contributed by atoms with Crippen LogP contribution in [0.25, 0.3) is 11.1 Å². The van der Waals surface area contributed by atoms with Gasteiger partial charge in [-0.2, -0.15) is 0 Å². The lowest BCUT2D eigenvalue weighted by Crippen LogP contribution is -2.17. The van der Waals surface area contributed by atoms with Gasteiger partial charge < -0.3 is 0 Å². The first kappa shape index (κ1) is 17.5. The molecular formula is C24H24N2O. The highest BCUT2D eigenvalue weighted by molar-refractivity contribution is 5.78. The van der Waals surface area contributed by atoms with E-state index in [2.05, 4.69) is 98.6 Å². The number of aliphatic imine (C=N–C) groups is 1. The molecule has 3 aromatic carbocycles. The summed E-state index contributed by atoms with van der Waals surface area (Å²) in [4.78, 5) is 10.5. The highest BCUT2D eigenvalue weighted by atomic mass is 16.7. The first-order chi connectivity index (χ1) is 13.0. The van der Waals surface area contributed by atoms with E-state index >= 15 is 0 Å². The highest BCUT2D eigenvalue weighted by Crippen LogP contribution is 2.31. The van der Waals surface area contributed by atoms with E-state index in [9.17, 15) is 0 Å². The summed E-state index contributed by atoms with van der Waals surface area (Å²) in [7, 11) is 0. The van der Waals surface area contributed by atoms with Crippen molar-refractivity contribution in [2.75, 3.05) is 5.06 Å². The van der Waals surface area contributed by atoms with Gasteiger partial charge in [0.25, 0.3) is 0 Å². The predicted molar refractivity (Wildman–Crippen MR) is 112 cm³/mol. The van der Waals surface area contributed by atoms with Crippen molar-refractivity contribution in [3.8, 4) is 11.1 Å². The topological polar surface area (TPSA) is 24.8 Å². The molecule has 1 aliphatic rings. The van der Waals surface area contributed by atoms with Gasteiger partial charge in [0.15, 0.2) is 0 Å². The smallest absolute Gasteiger partial charge is 0.202 e. The van der Waals surface area contributed by atoms with Gasteiger partial charge in [-0.3, -0.25) is 0 Å². The van der Waals surface area contributed by atoms with Crippen molar-refractivity contribution in [3.05, 3.63) is 90.0 Å². The van der Waals surface area contributed by atoms with Crippen LogP contribution in [-0.4, -0.2) is 6.34 Å². The molecule has 1 atom stereocenters. The Kier molecular flexibility index (Phi) is 4.54. The van der Waals surface area contributed by atoms with Crippen molar-refractivity contribution in [1.29, 1.82) is 0 Å². The molecular weight excluding hydrogens is 332 g/mol. The second-order valence-corrected chi connectivity index (χ2v) is 7.83. The molecule has 1 unspecified atom stereocenters. The minimum Gasteiger partial charge on any atom is -0.236 e. The SMILES string of the molecule is CC(C)(C)c1ccc(N2C=NC(c3ccc(-c4ccccc4)cc3)O2)cc1. The second-order valence-electron chi connectivity index (χ2n) is 7.83. The maximum Gasteiger partial charge on any atom is 0.202 e. The second kappa shape index (κ2) is 7.01. The summed E-state index contributed by atoms with van der Waals surface area (Å²) < 4.78 is 0. The number of nitrogens with zero attached hydrogens (tertiary/aromatic N) is 2. The van der Waals surface area contributed by atoms with E-state index in [1.54, 1.807) is 11.4 Å². The Morgan fingerprint density at radius 2 is 1.41 bits per heavy atom. The third kappa shape index (κ3) is 3.79. The average Bonchev–Trinajstić information content (AvgIpc) is 3.18. The number of benzene rings is 3. The highest BCUT2D eigenvalue weighted by Gasteiger charge is 2.22. The summed E-state index contributed by atoms with van der Waals surface area (Å²) in [5.41, 5.74) is 5.86. The average molecular weight is 356 g/mol. The molecule has 27 heavy (non-hydrogen) atoms. The van der Waals surface area contributed by atoms with Crippen LogP contribution in [0.3, 0.4) is 0 Å². The van der Waals surface area contributed by atoms with E-state index in [0.717, 1.165) is 11.3 Å². The Labute approximate surface area is 160 Å². The fourth-order valence-corrected chi connectivity index (χ4v) is 3.14. The van der Waals surface area contributed by atoms with Gasteiger partial charge in [-0.05, 0) is 34.2 Å². The van der Waals surface area contributed by atoms with Gasteiger partial charge in [-0.1, -0.05) is 87.5 Å². The quantitative estimate of drug-likeness (QED) is 0.564. The van der Waals surface area contributed by atoms with Crippen LogP contribution in [0.1, 0.15) is 38.1 Å². The molecule has 1 heterocycles. The summed E-state index contributed by atoms with van der Waals surface area (Å²) in [6.07, 6.45) is 1.44. The van der Waals surface area contributed by atoms with E-state index in [4.69, 9.17) is 4.84 Å². The lowest BCUT2D eigenvalue weighted by atomic mass is 9.87. The molecule has 0 saturated carbocycles. The monoisotopic (exact) mass is 356 g/mol. The van der Waals surface area contributed by atoms with Gasteiger partial charge in [0.1, 0.15) is 6.34 Å². The van der Waals surface area contributed by atoms with Crippen LogP contribution in [-0.2, 0) is 10.3 Å². The number of hydrogen-bond acceptors (Lipinski definition) is 3. The van der Waals surface area contributed by atoms with Crippen molar-refractivity contribution in [3.63, 3.8) is 0 Å². The Hall–Kier alpha value is -2.91. The van der Waals surface area contributed by atoms with Gasteiger partial charge >= 0.3 is 0 Å². The van der Waals surface area contributed by atoms with Gasteiger partial charge in [0.05, 0.1) is 5.69 Å². The Balaban J connectivity index is 1.46. The minimum atomic E-state index is -0.308. The molecule has 4 rings (SSSR count). The number of rotatable bonds is 3. The standard InChI is InChI=1S/C24H24N2O/c1-24(2,3)21-13-15-22(16-14-21)26-17-25-23(27-26)20-11-9-19(10-12-20)18-7-5-4-6-8-18/h4-17,23H,1-3H3. The molecule has 0 amide bonds. The third-order valence-electron chi connectivity index (χ3n) is 4.81. The van der Waals surface area contributed by atoms with Crippen molar-refractivity contribution in [2.45, 2.75) is 32.4 Å². The maximum atomic E-state index is 6.02. The van der Waals surface area contributed by atoms with Gasteiger partial charge in [-0.15, -0.1) is 0 Å². The normalized spacial score (nSPS) is 16.7. The molecule has 0 aromatic heterocycles. The summed E-state index contributed by atoms with van der Waals surface area (Å²) in [6.45, 7) is 6.64. The minimum absolute atomic E-state index is 0.140. The Morgan fingerprint density at radius 1 is 0.778 bits per heavy atom. The van der Waals surface area contributed by atoms with E-state index in [-0.39, 0.29) is 11.6 Å². The van der Waals surface area contributed by atoms with Crippen molar-refractivity contribution >= 4 is 12.0 Å². The predicted octanol–water partition coefficient (Wildman–Crippen LogP) is 6.13. The molecule has 136 valence electrons. The summed E-state index contributed by atoms with van der Waals surface area (Å²) in [5, 5.41) is 1.74. The van der Waals surface area contributed by atoms with Crippen LogP contribution < -0.4 is 5.06 Å². The van der Waals surface area contributed by atoms with Gasteiger partial charge in [0.2, 0.25) is 6.23 Å².